The van der Waals surface area contributed by atoms with E-state index in [1.165, 1.54) is 16.0 Å². The van der Waals surface area contributed by atoms with Gasteiger partial charge in [0.05, 0.1) is 11.1 Å². The lowest BCUT2D eigenvalue weighted by Crippen LogP contribution is -2.32. The van der Waals surface area contributed by atoms with Gasteiger partial charge in [0.2, 0.25) is 5.91 Å². The van der Waals surface area contributed by atoms with Gasteiger partial charge in [-0.15, -0.1) is 0 Å². The molecule has 3 amide bonds. The van der Waals surface area contributed by atoms with E-state index in [1.807, 2.05) is 0 Å². The monoisotopic (exact) mass is 364 g/mol. The van der Waals surface area contributed by atoms with Gasteiger partial charge in [-0.1, -0.05) is 42.0 Å². The van der Waals surface area contributed by atoms with Crippen LogP contribution in [0.25, 0.3) is 0 Å². The smallest absolute Gasteiger partial charge is 0.261 e. The van der Waals surface area contributed by atoms with E-state index in [0.29, 0.717) is 30.5 Å². The minimum atomic E-state index is -0.269. The van der Waals surface area contributed by atoms with E-state index in [1.54, 1.807) is 24.3 Å². The van der Waals surface area contributed by atoms with E-state index in [2.05, 4.69) is 36.5 Å². The van der Waals surface area contributed by atoms with Gasteiger partial charge in [-0.05, 0) is 43.9 Å². The minimum absolute atomic E-state index is 0.0458. The second-order valence-corrected chi connectivity index (χ2v) is 6.85. The van der Waals surface area contributed by atoms with Crippen molar-refractivity contribution in [2.75, 3.05) is 13.1 Å². The summed E-state index contributed by atoms with van der Waals surface area (Å²) in [4.78, 5) is 37.7. The lowest BCUT2D eigenvalue weighted by atomic mass is 10.1. The minimum Gasteiger partial charge on any atom is -0.356 e. The molecular formula is C22H24N2O3. The van der Waals surface area contributed by atoms with Gasteiger partial charge in [0, 0.05) is 19.5 Å². The standard InChI is InChI=1S/C22H24N2O3/c1-16-10-12-17(13-11-16)6-4-14-23-20(25)9-5-15-24-21(26)18-7-2-3-8-19(18)22(24)27/h2-3,7-8,10-13H,4-6,9,14-15H2,1H3,(H,23,25). The van der Waals surface area contributed by atoms with Crippen LogP contribution in [-0.4, -0.2) is 35.7 Å². The van der Waals surface area contributed by atoms with Crippen molar-refractivity contribution in [3.8, 4) is 0 Å². The quantitative estimate of drug-likeness (QED) is 0.578. The van der Waals surface area contributed by atoms with Crippen LogP contribution in [0.15, 0.2) is 48.5 Å². The van der Waals surface area contributed by atoms with E-state index in [4.69, 9.17) is 0 Å². The highest BCUT2D eigenvalue weighted by molar-refractivity contribution is 6.21. The Bertz CT molecular complexity index is 808. The van der Waals surface area contributed by atoms with E-state index in [-0.39, 0.29) is 24.3 Å². The molecule has 3 rings (SSSR count). The van der Waals surface area contributed by atoms with Gasteiger partial charge < -0.3 is 5.32 Å². The molecule has 1 aliphatic rings. The number of hydrogen-bond donors (Lipinski definition) is 1. The molecule has 140 valence electrons. The molecule has 27 heavy (non-hydrogen) atoms. The lowest BCUT2D eigenvalue weighted by Gasteiger charge is -2.13. The third-order valence-corrected chi connectivity index (χ3v) is 4.75. The second kappa shape index (κ2) is 8.62. The van der Waals surface area contributed by atoms with Crippen LogP contribution < -0.4 is 5.32 Å². The number of rotatable bonds is 8. The Labute approximate surface area is 159 Å². The fourth-order valence-corrected chi connectivity index (χ4v) is 3.20. The van der Waals surface area contributed by atoms with Crippen molar-refractivity contribution >= 4 is 17.7 Å². The molecule has 0 bridgehead atoms. The molecular weight excluding hydrogens is 340 g/mol. The number of amides is 3. The maximum Gasteiger partial charge on any atom is 0.261 e. The maximum absolute atomic E-state index is 12.3. The number of imide groups is 1. The molecule has 0 spiro atoms. The zero-order chi connectivity index (χ0) is 19.2. The largest absolute Gasteiger partial charge is 0.356 e. The Hall–Kier alpha value is -2.95. The number of nitrogens with one attached hydrogen (secondary N) is 1. The summed E-state index contributed by atoms with van der Waals surface area (Å²) in [6.45, 7) is 2.95. The van der Waals surface area contributed by atoms with Crippen LogP contribution in [0.5, 0.6) is 0 Å². The van der Waals surface area contributed by atoms with Crippen molar-refractivity contribution < 1.29 is 14.4 Å². The summed E-state index contributed by atoms with van der Waals surface area (Å²) >= 11 is 0. The zero-order valence-corrected chi connectivity index (χ0v) is 15.5. The average molecular weight is 364 g/mol. The number of benzene rings is 2. The molecule has 5 heteroatoms. The summed E-state index contributed by atoms with van der Waals surface area (Å²) in [5.41, 5.74) is 3.40. The van der Waals surface area contributed by atoms with Crippen molar-refractivity contribution in [3.05, 3.63) is 70.8 Å². The maximum atomic E-state index is 12.3. The summed E-state index contributed by atoms with van der Waals surface area (Å²) in [5, 5.41) is 2.90. The topological polar surface area (TPSA) is 66.5 Å². The third-order valence-electron chi connectivity index (χ3n) is 4.75. The Balaban J connectivity index is 1.35. The number of carbonyl (C=O) groups excluding carboxylic acids is 3. The first kappa shape index (κ1) is 18.8. The van der Waals surface area contributed by atoms with Crippen molar-refractivity contribution in [2.24, 2.45) is 0 Å². The van der Waals surface area contributed by atoms with Gasteiger partial charge in [-0.2, -0.15) is 0 Å². The molecule has 2 aromatic rings. The fraction of sp³-hybridized carbons (Fsp3) is 0.318. The van der Waals surface area contributed by atoms with Crippen molar-refractivity contribution in [2.45, 2.75) is 32.6 Å². The molecule has 0 radical (unpaired) electrons. The molecule has 0 aliphatic carbocycles. The highest BCUT2D eigenvalue weighted by Crippen LogP contribution is 2.22. The Morgan fingerprint density at radius 3 is 2.19 bits per heavy atom. The first-order valence-corrected chi connectivity index (χ1v) is 9.34. The Kier molecular flexibility index (Phi) is 6.01. The van der Waals surface area contributed by atoms with Crippen LogP contribution in [0, 0.1) is 6.92 Å². The predicted molar refractivity (Wildman–Crippen MR) is 104 cm³/mol. The van der Waals surface area contributed by atoms with Gasteiger partial charge in [0.15, 0.2) is 0 Å². The predicted octanol–water partition coefficient (Wildman–Crippen LogP) is 3.12. The fourth-order valence-electron chi connectivity index (χ4n) is 3.20. The molecule has 0 unspecified atom stereocenters. The van der Waals surface area contributed by atoms with Crippen LogP contribution in [-0.2, 0) is 11.2 Å². The Morgan fingerprint density at radius 2 is 1.56 bits per heavy atom. The highest BCUT2D eigenvalue weighted by atomic mass is 16.2. The first-order valence-electron chi connectivity index (χ1n) is 9.34. The SMILES string of the molecule is Cc1ccc(CCCNC(=O)CCCN2C(=O)c3ccccc3C2=O)cc1. The molecule has 0 aromatic heterocycles. The number of aryl methyl sites for hydroxylation is 2. The molecule has 1 heterocycles. The molecule has 0 fully saturated rings. The molecule has 5 nitrogen and oxygen atoms in total. The summed E-state index contributed by atoms with van der Waals surface area (Å²) in [6, 6.07) is 15.2. The zero-order valence-electron chi connectivity index (χ0n) is 15.5. The first-order chi connectivity index (χ1) is 13.1. The summed E-state index contributed by atoms with van der Waals surface area (Å²) in [6.07, 6.45) is 2.58. The molecule has 1 N–H and O–H groups in total. The summed E-state index contributed by atoms with van der Waals surface area (Å²) in [7, 11) is 0. The molecule has 0 saturated carbocycles. The van der Waals surface area contributed by atoms with E-state index in [9.17, 15) is 14.4 Å². The number of nitrogens with zero attached hydrogens (tertiary/aromatic N) is 1. The molecule has 1 aliphatic heterocycles. The number of hydrogen-bond acceptors (Lipinski definition) is 3. The summed E-state index contributed by atoms with van der Waals surface area (Å²) in [5.74, 6) is -0.585. The van der Waals surface area contributed by atoms with Crippen LogP contribution in [0.3, 0.4) is 0 Å². The molecule has 2 aromatic carbocycles. The van der Waals surface area contributed by atoms with E-state index < -0.39 is 0 Å². The lowest BCUT2D eigenvalue weighted by molar-refractivity contribution is -0.121. The van der Waals surface area contributed by atoms with Crippen LogP contribution in [0.2, 0.25) is 0 Å². The van der Waals surface area contributed by atoms with Gasteiger partial charge in [-0.25, -0.2) is 0 Å². The van der Waals surface area contributed by atoms with Crippen LogP contribution in [0.4, 0.5) is 0 Å². The van der Waals surface area contributed by atoms with Gasteiger partial charge >= 0.3 is 0 Å². The second-order valence-electron chi connectivity index (χ2n) is 6.85. The third kappa shape index (κ3) is 4.61. The average Bonchev–Trinajstić information content (AvgIpc) is 2.92. The molecule has 0 saturated heterocycles. The van der Waals surface area contributed by atoms with Crippen molar-refractivity contribution in [1.29, 1.82) is 0 Å². The Morgan fingerprint density at radius 1 is 0.926 bits per heavy atom. The van der Waals surface area contributed by atoms with Gasteiger partial charge in [-0.3, -0.25) is 19.3 Å². The molecule has 0 atom stereocenters. The summed E-state index contributed by atoms with van der Waals surface area (Å²) < 4.78 is 0. The number of fused-ring (bicyclic) bond motifs is 1. The number of carbonyl (C=O) groups is 3. The highest BCUT2D eigenvalue weighted by Gasteiger charge is 2.34. The van der Waals surface area contributed by atoms with E-state index in [0.717, 1.165) is 12.8 Å². The van der Waals surface area contributed by atoms with Gasteiger partial charge in [0.25, 0.3) is 11.8 Å². The van der Waals surface area contributed by atoms with Gasteiger partial charge in [0.1, 0.15) is 0 Å². The van der Waals surface area contributed by atoms with Crippen LogP contribution in [0.1, 0.15) is 51.1 Å². The van der Waals surface area contributed by atoms with E-state index >= 15 is 0 Å². The van der Waals surface area contributed by atoms with Crippen LogP contribution >= 0.6 is 0 Å². The van der Waals surface area contributed by atoms with Crippen molar-refractivity contribution in [3.63, 3.8) is 0 Å². The normalized spacial score (nSPS) is 13.0. The van der Waals surface area contributed by atoms with Crippen molar-refractivity contribution in [1.82, 2.24) is 10.2 Å².